The average Bonchev–Trinajstić information content (AvgIpc) is 3.03. The zero-order valence-electron chi connectivity index (χ0n) is 14.2. The van der Waals surface area contributed by atoms with Gasteiger partial charge in [-0.3, -0.25) is 0 Å². The highest BCUT2D eigenvalue weighted by molar-refractivity contribution is 5.84. The standard InChI is InChI=1S/C18H20N2O4/c1-5-24-17-11(7-6-8-14(17)21-2)18-19-12-9-15(22-3)16(23-4)10-13(12)20-18/h6-10H,5H2,1-4H3,(H,19,20). The van der Waals surface area contributed by atoms with Gasteiger partial charge in [0.05, 0.1) is 44.5 Å². The van der Waals surface area contributed by atoms with E-state index in [1.807, 2.05) is 37.3 Å². The van der Waals surface area contributed by atoms with Gasteiger partial charge < -0.3 is 23.9 Å². The highest BCUT2D eigenvalue weighted by Crippen LogP contribution is 2.39. The van der Waals surface area contributed by atoms with E-state index in [9.17, 15) is 0 Å². The number of aromatic nitrogens is 2. The first-order valence-electron chi connectivity index (χ1n) is 7.63. The van der Waals surface area contributed by atoms with Crippen LogP contribution < -0.4 is 18.9 Å². The second-order valence-electron chi connectivity index (χ2n) is 5.08. The second-order valence-corrected chi connectivity index (χ2v) is 5.08. The first-order valence-corrected chi connectivity index (χ1v) is 7.63. The van der Waals surface area contributed by atoms with Crippen molar-refractivity contribution in [2.24, 2.45) is 0 Å². The van der Waals surface area contributed by atoms with Gasteiger partial charge in [0.25, 0.3) is 0 Å². The second kappa shape index (κ2) is 6.70. The van der Waals surface area contributed by atoms with Crippen molar-refractivity contribution in [1.29, 1.82) is 0 Å². The molecule has 0 bridgehead atoms. The fourth-order valence-corrected chi connectivity index (χ4v) is 2.62. The monoisotopic (exact) mass is 328 g/mol. The van der Waals surface area contributed by atoms with E-state index in [0.717, 1.165) is 16.6 Å². The van der Waals surface area contributed by atoms with Crippen molar-refractivity contribution in [2.75, 3.05) is 27.9 Å². The summed E-state index contributed by atoms with van der Waals surface area (Å²) in [6.07, 6.45) is 0. The van der Waals surface area contributed by atoms with Crippen LogP contribution in [0.2, 0.25) is 0 Å². The Morgan fingerprint density at radius 2 is 1.67 bits per heavy atom. The molecule has 0 fully saturated rings. The highest BCUT2D eigenvalue weighted by Gasteiger charge is 2.16. The average molecular weight is 328 g/mol. The van der Waals surface area contributed by atoms with E-state index in [2.05, 4.69) is 9.97 Å². The summed E-state index contributed by atoms with van der Waals surface area (Å²) in [5, 5.41) is 0. The summed E-state index contributed by atoms with van der Waals surface area (Å²) < 4.78 is 21.8. The van der Waals surface area contributed by atoms with E-state index in [1.54, 1.807) is 21.3 Å². The number of H-pyrrole nitrogens is 1. The molecule has 0 aliphatic rings. The number of aromatic amines is 1. The first-order chi connectivity index (χ1) is 11.7. The van der Waals surface area contributed by atoms with Gasteiger partial charge in [0.2, 0.25) is 0 Å². The molecule has 1 N–H and O–H groups in total. The molecule has 3 aromatic rings. The Balaban J connectivity index is 2.16. The molecule has 0 saturated carbocycles. The van der Waals surface area contributed by atoms with E-state index in [0.29, 0.717) is 35.4 Å². The smallest absolute Gasteiger partial charge is 0.172 e. The minimum Gasteiger partial charge on any atom is -0.493 e. The third-order valence-electron chi connectivity index (χ3n) is 3.73. The van der Waals surface area contributed by atoms with E-state index in [-0.39, 0.29) is 0 Å². The van der Waals surface area contributed by atoms with Gasteiger partial charge in [-0.2, -0.15) is 0 Å². The van der Waals surface area contributed by atoms with E-state index < -0.39 is 0 Å². The molecule has 0 radical (unpaired) electrons. The zero-order chi connectivity index (χ0) is 17.1. The van der Waals surface area contributed by atoms with Crippen LogP contribution in [0.4, 0.5) is 0 Å². The lowest BCUT2D eigenvalue weighted by Crippen LogP contribution is -1.98. The molecular formula is C18H20N2O4. The Labute approximate surface area is 140 Å². The Morgan fingerprint density at radius 3 is 2.33 bits per heavy atom. The molecule has 2 aromatic carbocycles. The maximum absolute atomic E-state index is 5.76. The Kier molecular flexibility index (Phi) is 4.46. The molecule has 6 nitrogen and oxygen atoms in total. The van der Waals surface area contributed by atoms with E-state index >= 15 is 0 Å². The third-order valence-corrected chi connectivity index (χ3v) is 3.73. The largest absolute Gasteiger partial charge is 0.493 e. The van der Waals surface area contributed by atoms with Crippen molar-refractivity contribution in [3.63, 3.8) is 0 Å². The molecule has 1 aromatic heterocycles. The van der Waals surface area contributed by atoms with Gasteiger partial charge >= 0.3 is 0 Å². The number of para-hydroxylation sites is 1. The van der Waals surface area contributed by atoms with Gasteiger partial charge in [0.15, 0.2) is 23.0 Å². The van der Waals surface area contributed by atoms with Crippen LogP contribution in [-0.2, 0) is 0 Å². The predicted octanol–water partition coefficient (Wildman–Crippen LogP) is 3.65. The van der Waals surface area contributed by atoms with Gasteiger partial charge in [-0.05, 0) is 19.1 Å². The molecule has 0 amide bonds. The Bertz CT molecular complexity index is 817. The van der Waals surface area contributed by atoms with Crippen molar-refractivity contribution < 1.29 is 18.9 Å². The number of benzene rings is 2. The molecule has 0 unspecified atom stereocenters. The number of hydrogen-bond donors (Lipinski definition) is 1. The summed E-state index contributed by atoms with van der Waals surface area (Å²) in [5.41, 5.74) is 2.48. The summed E-state index contributed by atoms with van der Waals surface area (Å²) in [6.45, 7) is 2.47. The fraction of sp³-hybridized carbons (Fsp3) is 0.278. The van der Waals surface area contributed by atoms with Gasteiger partial charge in [-0.1, -0.05) is 6.07 Å². The summed E-state index contributed by atoms with van der Waals surface area (Å²) in [6, 6.07) is 9.42. The number of hydrogen-bond acceptors (Lipinski definition) is 5. The summed E-state index contributed by atoms with van der Waals surface area (Å²) in [4.78, 5) is 7.96. The van der Waals surface area contributed by atoms with Gasteiger partial charge in [0.1, 0.15) is 5.82 Å². The maximum Gasteiger partial charge on any atom is 0.172 e. The van der Waals surface area contributed by atoms with Crippen LogP contribution in [0.25, 0.3) is 22.4 Å². The lowest BCUT2D eigenvalue weighted by Gasteiger charge is -2.12. The molecule has 0 spiro atoms. The van der Waals surface area contributed by atoms with Crippen molar-refractivity contribution in [1.82, 2.24) is 9.97 Å². The van der Waals surface area contributed by atoms with Crippen molar-refractivity contribution in [3.8, 4) is 34.4 Å². The molecule has 1 heterocycles. The first kappa shape index (κ1) is 16.0. The number of methoxy groups -OCH3 is 3. The topological polar surface area (TPSA) is 65.6 Å². The van der Waals surface area contributed by atoms with E-state index in [4.69, 9.17) is 18.9 Å². The summed E-state index contributed by atoms with van der Waals surface area (Å²) in [5.74, 6) is 3.32. The van der Waals surface area contributed by atoms with Crippen LogP contribution in [0.3, 0.4) is 0 Å². The predicted molar refractivity (Wildman–Crippen MR) is 92.4 cm³/mol. The minimum absolute atomic E-state index is 0.537. The van der Waals surface area contributed by atoms with Gasteiger partial charge in [-0.15, -0.1) is 0 Å². The van der Waals surface area contributed by atoms with Gasteiger partial charge in [-0.25, -0.2) is 4.98 Å². The van der Waals surface area contributed by atoms with Crippen LogP contribution in [0, 0.1) is 0 Å². The minimum atomic E-state index is 0.537. The SMILES string of the molecule is CCOc1c(OC)cccc1-c1nc2cc(OC)c(OC)cc2[nH]1. The number of nitrogens with zero attached hydrogens (tertiary/aromatic N) is 1. The highest BCUT2D eigenvalue weighted by atomic mass is 16.5. The van der Waals surface area contributed by atoms with Crippen molar-refractivity contribution in [3.05, 3.63) is 30.3 Å². The Morgan fingerprint density at radius 1 is 0.958 bits per heavy atom. The number of fused-ring (bicyclic) bond motifs is 1. The molecule has 24 heavy (non-hydrogen) atoms. The van der Waals surface area contributed by atoms with Crippen LogP contribution in [0.5, 0.6) is 23.0 Å². The third kappa shape index (κ3) is 2.71. The van der Waals surface area contributed by atoms with Crippen molar-refractivity contribution in [2.45, 2.75) is 6.92 Å². The normalized spacial score (nSPS) is 10.7. The molecule has 0 atom stereocenters. The maximum atomic E-state index is 5.76. The number of rotatable bonds is 6. The lowest BCUT2D eigenvalue weighted by atomic mass is 10.1. The summed E-state index contributed by atoms with van der Waals surface area (Å²) >= 11 is 0. The van der Waals surface area contributed by atoms with Crippen LogP contribution >= 0.6 is 0 Å². The Hall–Kier alpha value is -2.89. The molecule has 3 rings (SSSR count). The molecular weight excluding hydrogens is 308 g/mol. The number of imidazole rings is 1. The number of nitrogens with one attached hydrogen (secondary N) is 1. The molecule has 0 aliphatic carbocycles. The van der Waals surface area contributed by atoms with Crippen molar-refractivity contribution >= 4 is 11.0 Å². The van der Waals surface area contributed by atoms with Gasteiger partial charge in [0, 0.05) is 12.1 Å². The van der Waals surface area contributed by atoms with E-state index in [1.165, 1.54) is 0 Å². The fourth-order valence-electron chi connectivity index (χ4n) is 2.62. The van der Waals surface area contributed by atoms with Crippen LogP contribution in [-0.4, -0.2) is 37.9 Å². The molecule has 126 valence electrons. The zero-order valence-corrected chi connectivity index (χ0v) is 14.2. The van der Waals surface area contributed by atoms with Crippen LogP contribution in [0.1, 0.15) is 6.92 Å². The quantitative estimate of drug-likeness (QED) is 0.748. The molecule has 6 heteroatoms. The summed E-state index contributed by atoms with van der Waals surface area (Å²) in [7, 11) is 4.83. The molecule has 0 saturated heterocycles. The lowest BCUT2D eigenvalue weighted by molar-refractivity contribution is 0.312. The number of ether oxygens (including phenoxy) is 4. The molecule has 0 aliphatic heterocycles. The van der Waals surface area contributed by atoms with Crippen LogP contribution in [0.15, 0.2) is 30.3 Å².